The Labute approximate surface area is 121 Å². The van der Waals surface area contributed by atoms with E-state index in [1.165, 1.54) is 12.1 Å². The van der Waals surface area contributed by atoms with E-state index in [0.717, 1.165) is 10.9 Å². The van der Waals surface area contributed by atoms with Crippen molar-refractivity contribution in [1.29, 1.82) is 0 Å². The van der Waals surface area contributed by atoms with Gasteiger partial charge < -0.3 is 10.3 Å². The molecule has 0 aliphatic carbocycles. The lowest BCUT2D eigenvalue weighted by atomic mass is 9.95. The second-order valence-electron chi connectivity index (χ2n) is 4.89. The van der Waals surface area contributed by atoms with Gasteiger partial charge in [-0.3, -0.25) is 0 Å². The molecular formula is C17H15FN2O. The zero-order valence-corrected chi connectivity index (χ0v) is 11.4. The van der Waals surface area contributed by atoms with E-state index in [0.29, 0.717) is 23.3 Å². The van der Waals surface area contributed by atoms with Crippen LogP contribution in [0, 0.1) is 5.82 Å². The third-order valence-electron chi connectivity index (χ3n) is 3.47. The lowest BCUT2D eigenvalue weighted by Crippen LogP contribution is -2.10. The first-order chi connectivity index (χ1) is 10.2. The normalized spacial score (nSPS) is 12.5. The minimum atomic E-state index is -0.327. The number of halogens is 1. The fourth-order valence-corrected chi connectivity index (χ4v) is 2.44. The Morgan fingerprint density at radius 3 is 2.90 bits per heavy atom. The Balaban J connectivity index is 2.21. The summed E-state index contributed by atoms with van der Waals surface area (Å²) in [5.74, 6) is -0.327. The molecule has 0 unspecified atom stereocenters. The second kappa shape index (κ2) is 5.50. The summed E-state index contributed by atoms with van der Waals surface area (Å²) in [5, 5.41) is 4.93. The quantitative estimate of drug-likeness (QED) is 0.729. The molecule has 21 heavy (non-hydrogen) atoms. The molecule has 3 nitrogen and oxygen atoms in total. The van der Waals surface area contributed by atoms with E-state index in [2.05, 4.69) is 11.7 Å². The lowest BCUT2D eigenvalue weighted by molar-refractivity contribution is 0.459. The van der Waals surface area contributed by atoms with Crippen LogP contribution in [0.4, 0.5) is 4.39 Å². The molecule has 1 atom stereocenters. The maximum absolute atomic E-state index is 13.7. The molecule has 0 fully saturated rings. The molecule has 4 heteroatoms. The van der Waals surface area contributed by atoms with Gasteiger partial charge in [0.2, 0.25) is 0 Å². The van der Waals surface area contributed by atoms with Crippen LogP contribution in [0.15, 0.2) is 59.6 Å². The first-order valence-electron chi connectivity index (χ1n) is 6.71. The average Bonchev–Trinajstić information content (AvgIpc) is 2.91. The number of hydrogen-bond donors (Lipinski definition) is 1. The van der Waals surface area contributed by atoms with Crippen molar-refractivity contribution in [1.82, 2.24) is 5.16 Å². The zero-order valence-electron chi connectivity index (χ0n) is 11.4. The van der Waals surface area contributed by atoms with E-state index in [1.54, 1.807) is 12.1 Å². The molecule has 0 saturated heterocycles. The summed E-state index contributed by atoms with van der Waals surface area (Å²) >= 11 is 0. The van der Waals surface area contributed by atoms with Gasteiger partial charge in [-0.25, -0.2) is 4.39 Å². The SMILES string of the molecule is C=CC[C@@H](N)c1ccc(F)cc1-c1noc2ccccc12. The van der Waals surface area contributed by atoms with Gasteiger partial charge in [0, 0.05) is 17.0 Å². The van der Waals surface area contributed by atoms with E-state index >= 15 is 0 Å². The Morgan fingerprint density at radius 1 is 1.29 bits per heavy atom. The Morgan fingerprint density at radius 2 is 2.10 bits per heavy atom. The molecule has 1 aromatic heterocycles. The third kappa shape index (κ3) is 2.45. The second-order valence-corrected chi connectivity index (χ2v) is 4.89. The van der Waals surface area contributed by atoms with Crippen molar-refractivity contribution in [3.63, 3.8) is 0 Å². The van der Waals surface area contributed by atoms with Gasteiger partial charge in [0.05, 0.1) is 0 Å². The Bertz CT molecular complexity index is 794. The highest BCUT2D eigenvalue weighted by Gasteiger charge is 2.17. The molecule has 0 spiro atoms. The predicted molar refractivity (Wildman–Crippen MR) is 81.1 cm³/mol. The maximum Gasteiger partial charge on any atom is 0.167 e. The van der Waals surface area contributed by atoms with Gasteiger partial charge >= 0.3 is 0 Å². The lowest BCUT2D eigenvalue weighted by Gasteiger charge is -2.14. The standard InChI is InChI=1S/C17H15FN2O/c1-2-5-15(19)12-9-8-11(18)10-14(12)17-13-6-3-4-7-16(13)21-20-17/h2-4,6-10,15H,1,5,19H2/t15-/m1/s1. The number of rotatable bonds is 4. The topological polar surface area (TPSA) is 52.0 Å². The van der Waals surface area contributed by atoms with Crippen molar-refractivity contribution in [2.24, 2.45) is 5.73 Å². The van der Waals surface area contributed by atoms with Crippen LogP contribution < -0.4 is 5.73 Å². The summed E-state index contributed by atoms with van der Waals surface area (Å²) in [6, 6.07) is 11.8. The number of hydrogen-bond acceptors (Lipinski definition) is 3. The molecule has 3 aromatic rings. The number of para-hydroxylation sites is 1. The zero-order chi connectivity index (χ0) is 14.8. The number of aromatic nitrogens is 1. The van der Waals surface area contributed by atoms with Gasteiger partial charge in [-0.1, -0.05) is 29.4 Å². The highest BCUT2D eigenvalue weighted by Crippen LogP contribution is 2.33. The predicted octanol–water partition coefficient (Wildman–Crippen LogP) is 4.21. The fraction of sp³-hybridized carbons (Fsp3) is 0.118. The van der Waals surface area contributed by atoms with Crippen LogP contribution in [-0.4, -0.2) is 5.16 Å². The van der Waals surface area contributed by atoms with Crippen LogP contribution in [0.3, 0.4) is 0 Å². The van der Waals surface area contributed by atoms with Crippen molar-refractivity contribution in [2.45, 2.75) is 12.5 Å². The molecule has 2 aromatic carbocycles. The molecule has 0 radical (unpaired) electrons. The molecule has 0 aliphatic rings. The van der Waals surface area contributed by atoms with Gasteiger partial charge in [0.25, 0.3) is 0 Å². The number of nitrogens with two attached hydrogens (primary N) is 1. The monoisotopic (exact) mass is 282 g/mol. The van der Waals surface area contributed by atoms with Crippen LogP contribution in [0.2, 0.25) is 0 Å². The van der Waals surface area contributed by atoms with E-state index in [4.69, 9.17) is 10.3 Å². The number of nitrogens with zero attached hydrogens (tertiary/aromatic N) is 1. The van der Waals surface area contributed by atoms with Crippen molar-refractivity contribution in [2.75, 3.05) is 0 Å². The fourth-order valence-electron chi connectivity index (χ4n) is 2.44. The highest BCUT2D eigenvalue weighted by molar-refractivity contribution is 5.92. The highest BCUT2D eigenvalue weighted by atomic mass is 19.1. The van der Waals surface area contributed by atoms with Crippen LogP contribution in [-0.2, 0) is 0 Å². The summed E-state index contributed by atoms with van der Waals surface area (Å²) in [6.07, 6.45) is 2.35. The van der Waals surface area contributed by atoms with E-state index in [-0.39, 0.29) is 11.9 Å². The molecule has 0 saturated carbocycles. The van der Waals surface area contributed by atoms with Crippen molar-refractivity contribution in [3.8, 4) is 11.3 Å². The Kier molecular flexibility index (Phi) is 3.54. The average molecular weight is 282 g/mol. The van der Waals surface area contributed by atoms with Gasteiger partial charge in [0.1, 0.15) is 11.5 Å². The van der Waals surface area contributed by atoms with Crippen molar-refractivity contribution < 1.29 is 8.91 Å². The molecular weight excluding hydrogens is 267 g/mol. The van der Waals surface area contributed by atoms with Crippen LogP contribution in [0.25, 0.3) is 22.2 Å². The minimum absolute atomic E-state index is 0.256. The summed E-state index contributed by atoms with van der Waals surface area (Å²) in [7, 11) is 0. The molecule has 0 aliphatic heterocycles. The van der Waals surface area contributed by atoms with E-state index < -0.39 is 0 Å². The maximum atomic E-state index is 13.7. The summed E-state index contributed by atoms with van der Waals surface area (Å²) < 4.78 is 19.0. The summed E-state index contributed by atoms with van der Waals surface area (Å²) in [6.45, 7) is 3.70. The summed E-state index contributed by atoms with van der Waals surface area (Å²) in [5.41, 5.74) is 8.92. The summed E-state index contributed by atoms with van der Waals surface area (Å²) in [4.78, 5) is 0. The first-order valence-corrected chi connectivity index (χ1v) is 6.71. The van der Waals surface area contributed by atoms with Crippen molar-refractivity contribution in [3.05, 3.63) is 66.5 Å². The molecule has 0 amide bonds. The van der Waals surface area contributed by atoms with Gasteiger partial charge in [-0.2, -0.15) is 0 Å². The van der Waals surface area contributed by atoms with Crippen LogP contribution in [0.1, 0.15) is 18.0 Å². The molecule has 1 heterocycles. The Hall–Kier alpha value is -2.46. The van der Waals surface area contributed by atoms with E-state index in [1.807, 2.05) is 24.3 Å². The number of fused-ring (bicyclic) bond motifs is 1. The van der Waals surface area contributed by atoms with E-state index in [9.17, 15) is 4.39 Å². The molecule has 106 valence electrons. The van der Waals surface area contributed by atoms with Gasteiger partial charge in [-0.15, -0.1) is 6.58 Å². The molecule has 0 bridgehead atoms. The third-order valence-corrected chi connectivity index (χ3v) is 3.47. The minimum Gasteiger partial charge on any atom is -0.356 e. The largest absolute Gasteiger partial charge is 0.356 e. The van der Waals surface area contributed by atoms with Crippen molar-refractivity contribution >= 4 is 11.0 Å². The molecule has 3 rings (SSSR count). The molecule has 2 N–H and O–H groups in total. The number of benzene rings is 2. The van der Waals surface area contributed by atoms with Gasteiger partial charge in [-0.05, 0) is 36.2 Å². The van der Waals surface area contributed by atoms with Gasteiger partial charge in [0.15, 0.2) is 5.58 Å². The first kappa shape index (κ1) is 13.5. The van der Waals surface area contributed by atoms with Crippen LogP contribution >= 0.6 is 0 Å². The smallest absolute Gasteiger partial charge is 0.167 e. The van der Waals surface area contributed by atoms with Crippen LogP contribution in [0.5, 0.6) is 0 Å².